The normalized spacial score (nSPS) is 11.0. The first-order valence-electron chi connectivity index (χ1n) is 8.28. The van der Waals surface area contributed by atoms with Gasteiger partial charge in [0.15, 0.2) is 5.75 Å². The summed E-state index contributed by atoms with van der Waals surface area (Å²) in [7, 11) is 0. The second-order valence-corrected chi connectivity index (χ2v) is 6.67. The summed E-state index contributed by atoms with van der Waals surface area (Å²) >= 11 is 12.4. The van der Waals surface area contributed by atoms with Crippen molar-refractivity contribution in [2.24, 2.45) is 0 Å². The highest BCUT2D eigenvalue weighted by Gasteiger charge is 2.15. The van der Waals surface area contributed by atoms with Crippen LogP contribution in [0.4, 0.5) is 0 Å². The molecule has 142 valence electrons. The van der Waals surface area contributed by atoms with Gasteiger partial charge < -0.3 is 9.47 Å². The van der Waals surface area contributed by atoms with Crippen LogP contribution in [0.25, 0.3) is 23.1 Å². The quantitative estimate of drug-likeness (QED) is 0.411. The van der Waals surface area contributed by atoms with Crippen LogP contribution in [0.3, 0.4) is 0 Å². The molecule has 28 heavy (non-hydrogen) atoms. The van der Waals surface area contributed by atoms with Gasteiger partial charge in [-0.25, -0.2) is 4.98 Å². The Hall–Kier alpha value is -2.89. The van der Waals surface area contributed by atoms with Crippen LogP contribution >= 0.6 is 23.2 Å². The summed E-state index contributed by atoms with van der Waals surface area (Å²) in [6, 6.07) is 12.2. The van der Waals surface area contributed by atoms with Gasteiger partial charge >= 0.3 is 11.9 Å². The van der Waals surface area contributed by atoms with Crippen molar-refractivity contribution >= 4 is 58.2 Å². The Labute approximate surface area is 171 Å². The van der Waals surface area contributed by atoms with Gasteiger partial charge in [0, 0.05) is 24.8 Å². The molecule has 0 atom stereocenters. The van der Waals surface area contributed by atoms with Crippen LogP contribution in [-0.4, -0.2) is 16.9 Å². The summed E-state index contributed by atoms with van der Waals surface area (Å²) in [6.45, 7) is 2.63. The Morgan fingerprint density at radius 3 is 2.36 bits per heavy atom. The fraction of sp³-hybridized carbons (Fsp3) is 0.0952. The summed E-state index contributed by atoms with van der Waals surface area (Å²) < 4.78 is 10.4. The molecular weight excluding hydrogens is 401 g/mol. The molecule has 7 heteroatoms. The number of pyridine rings is 1. The zero-order chi connectivity index (χ0) is 20.3. The summed E-state index contributed by atoms with van der Waals surface area (Å²) in [4.78, 5) is 27.2. The molecular formula is C21H15Cl2NO4. The molecule has 5 nitrogen and oxygen atoms in total. The standard InChI is InChI=1S/C21H15Cl2NO4/c1-12(25)27-19-6-4-3-5-14(19)7-8-15-9-10-16-17(22)11-18(23)21(20(16)24-15)28-13(2)26/h3-11H,1-2H3/b8-7+. The number of hydrogen-bond donors (Lipinski definition) is 0. The molecule has 0 saturated heterocycles. The van der Waals surface area contributed by atoms with Gasteiger partial charge in [0.05, 0.1) is 15.7 Å². The van der Waals surface area contributed by atoms with Crippen molar-refractivity contribution in [1.29, 1.82) is 0 Å². The van der Waals surface area contributed by atoms with Crippen molar-refractivity contribution in [2.75, 3.05) is 0 Å². The second-order valence-electron chi connectivity index (χ2n) is 5.86. The molecule has 3 aromatic rings. The predicted molar refractivity (Wildman–Crippen MR) is 110 cm³/mol. The van der Waals surface area contributed by atoms with E-state index >= 15 is 0 Å². The number of benzene rings is 2. The number of fused-ring (bicyclic) bond motifs is 1. The Kier molecular flexibility index (Phi) is 5.97. The maximum Gasteiger partial charge on any atom is 0.308 e. The number of nitrogens with zero attached hydrogens (tertiary/aromatic N) is 1. The van der Waals surface area contributed by atoms with Crippen LogP contribution in [-0.2, 0) is 9.59 Å². The van der Waals surface area contributed by atoms with E-state index in [4.69, 9.17) is 32.7 Å². The third kappa shape index (κ3) is 4.50. The SMILES string of the molecule is CC(=O)Oc1ccccc1/C=C/c1ccc2c(Cl)cc(Cl)c(OC(C)=O)c2n1. The third-order valence-corrected chi connectivity index (χ3v) is 4.31. The lowest BCUT2D eigenvalue weighted by molar-refractivity contribution is -0.132. The first kappa shape index (κ1) is 19.9. The van der Waals surface area contributed by atoms with E-state index in [1.807, 2.05) is 12.1 Å². The summed E-state index contributed by atoms with van der Waals surface area (Å²) in [6.07, 6.45) is 3.51. The van der Waals surface area contributed by atoms with Crippen LogP contribution in [0.5, 0.6) is 11.5 Å². The average molecular weight is 416 g/mol. The van der Waals surface area contributed by atoms with E-state index in [0.717, 1.165) is 0 Å². The van der Waals surface area contributed by atoms with Gasteiger partial charge in [-0.15, -0.1) is 0 Å². The van der Waals surface area contributed by atoms with E-state index in [2.05, 4.69) is 4.98 Å². The molecule has 0 bridgehead atoms. The highest BCUT2D eigenvalue weighted by Crippen LogP contribution is 2.37. The monoisotopic (exact) mass is 415 g/mol. The largest absolute Gasteiger partial charge is 0.426 e. The van der Waals surface area contributed by atoms with E-state index in [0.29, 0.717) is 32.9 Å². The molecule has 0 amide bonds. The lowest BCUT2D eigenvalue weighted by Gasteiger charge is -2.10. The Morgan fingerprint density at radius 2 is 1.64 bits per heavy atom. The van der Waals surface area contributed by atoms with Crippen molar-refractivity contribution in [1.82, 2.24) is 4.98 Å². The van der Waals surface area contributed by atoms with Gasteiger partial charge in [0.2, 0.25) is 0 Å². The molecule has 2 aromatic carbocycles. The number of hydrogen-bond acceptors (Lipinski definition) is 5. The van der Waals surface area contributed by atoms with E-state index in [9.17, 15) is 9.59 Å². The van der Waals surface area contributed by atoms with Crippen LogP contribution < -0.4 is 9.47 Å². The van der Waals surface area contributed by atoms with Gasteiger partial charge in [-0.1, -0.05) is 41.4 Å². The summed E-state index contributed by atoms with van der Waals surface area (Å²) in [5.74, 6) is -0.313. The molecule has 3 rings (SSSR count). The lowest BCUT2D eigenvalue weighted by atomic mass is 10.1. The first-order chi connectivity index (χ1) is 13.3. The molecule has 0 radical (unpaired) electrons. The lowest BCUT2D eigenvalue weighted by Crippen LogP contribution is -2.03. The van der Waals surface area contributed by atoms with Crippen LogP contribution in [0.2, 0.25) is 10.0 Å². The Bertz CT molecular complexity index is 1110. The van der Waals surface area contributed by atoms with Crippen LogP contribution in [0.15, 0.2) is 42.5 Å². The van der Waals surface area contributed by atoms with Crippen LogP contribution in [0, 0.1) is 0 Å². The Balaban J connectivity index is 2.04. The van der Waals surface area contributed by atoms with Crippen LogP contribution in [0.1, 0.15) is 25.1 Å². The van der Waals surface area contributed by atoms with Gasteiger partial charge in [0.25, 0.3) is 0 Å². The van der Waals surface area contributed by atoms with Crippen molar-refractivity contribution in [3.05, 3.63) is 63.8 Å². The molecule has 0 aliphatic rings. The maximum atomic E-state index is 11.4. The molecule has 0 fully saturated rings. The molecule has 0 saturated carbocycles. The number of aromatic nitrogens is 1. The zero-order valence-corrected chi connectivity index (χ0v) is 16.5. The number of halogens is 2. The topological polar surface area (TPSA) is 65.5 Å². The van der Waals surface area contributed by atoms with Gasteiger partial charge in [-0.2, -0.15) is 0 Å². The molecule has 1 aromatic heterocycles. The minimum Gasteiger partial charge on any atom is -0.426 e. The van der Waals surface area contributed by atoms with Crippen molar-refractivity contribution in [3.8, 4) is 11.5 Å². The number of para-hydroxylation sites is 1. The zero-order valence-electron chi connectivity index (χ0n) is 15.0. The van der Waals surface area contributed by atoms with Crippen molar-refractivity contribution in [3.63, 3.8) is 0 Å². The fourth-order valence-electron chi connectivity index (χ4n) is 2.58. The molecule has 0 aliphatic carbocycles. The van der Waals surface area contributed by atoms with Gasteiger partial charge in [-0.05, 0) is 36.4 Å². The number of carbonyl (C=O) groups is 2. The average Bonchev–Trinajstić information content (AvgIpc) is 2.63. The molecule has 0 spiro atoms. The fourth-order valence-corrected chi connectivity index (χ4v) is 3.14. The number of carbonyl (C=O) groups excluding carboxylic acids is 2. The minimum absolute atomic E-state index is 0.157. The summed E-state index contributed by atoms with van der Waals surface area (Å²) in [5.41, 5.74) is 1.67. The third-order valence-electron chi connectivity index (χ3n) is 3.71. The molecule has 0 unspecified atom stereocenters. The second kappa shape index (κ2) is 8.42. The van der Waals surface area contributed by atoms with Gasteiger partial charge in [0.1, 0.15) is 11.3 Å². The minimum atomic E-state index is -0.511. The van der Waals surface area contributed by atoms with E-state index in [1.165, 1.54) is 19.9 Å². The summed E-state index contributed by atoms with van der Waals surface area (Å²) in [5, 5.41) is 1.21. The highest BCUT2D eigenvalue weighted by molar-refractivity contribution is 6.39. The Morgan fingerprint density at radius 1 is 0.929 bits per heavy atom. The smallest absolute Gasteiger partial charge is 0.308 e. The predicted octanol–water partition coefficient (Wildman–Crippen LogP) is 5.56. The van der Waals surface area contributed by atoms with E-state index in [1.54, 1.807) is 36.4 Å². The molecule has 1 heterocycles. The maximum absolute atomic E-state index is 11.4. The number of esters is 2. The molecule has 0 N–H and O–H groups in total. The number of rotatable bonds is 4. The van der Waals surface area contributed by atoms with E-state index < -0.39 is 11.9 Å². The highest BCUT2D eigenvalue weighted by atomic mass is 35.5. The van der Waals surface area contributed by atoms with E-state index in [-0.39, 0.29) is 10.8 Å². The number of ether oxygens (including phenoxy) is 2. The molecule has 0 aliphatic heterocycles. The first-order valence-corrected chi connectivity index (χ1v) is 9.03. The van der Waals surface area contributed by atoms with Gasteiger partial charge in [-0.3, -0.25) is 9.59 Å². The van der Waals surface area contributed by atoms with Crippen molar-refractivity contribution in [2.45, 2.75) is 13.8 Å². The van der Waals surface area contributed by atoms with Crippen molar-refractivity contribution < 1.29 is 19.1 Å².